The smallest absolute Gasteiger partial charge is 0.257 e. The quantitative estimate of drug-likeness (QED) is 0.397. The molecule has 1 amide bonds. The van der Waals surface area contributed by atoms with Crippen molar-refractivity contribution in [2.24, 2.45) is 0 Å². The number of nitrogens with one attached hydrogen (secondary N) is 1. The van der Waals surface area contributed by atoms with E-state index in [-0.39, 0.29) is 5.91 Å². The van der Waals surface area contributed by atoms with Crippen molar-refractivity contribution in [3.63, 3.8) is 0 Å². The molecule has 0 atom stereocenters. The molecule has 0 rings (SSSR count). The van der Waals surface area contributed by atoms with Crippen molar-refractivity contribution in [2.75, 3.05) is 14.1 Å². The van der Waals surface area contributed by atoms with E-state index in [1.54, 1.807) is 19.1 Å². The summed E-state index contributed by atoms with van der Waals surface area (Å²) < 4.78 is 0. The van der Waals surface area contributed by atoms with Crippen LogP contribution in [0.1, 0.15) is 0 Å². The van der Waals surface area contributed by atoms with E-state index in [0.717, 1.165) is 0 Å². The van der Waals surface area contributed by atoms with Crippen LogP contribution in [0.2, 0.25) is 0 Å². The molecule has 0 radical (unpaired) electrons. The fourth-order valence-electron chi connectivity index (χ4n) is 0.266. The minimum absolute atomic E-state index is 0.185. The van der Waals surface area contributed by atoms with Crippen LogP contribution in [-0.4, -0.2) is 25.0 Å². The Kier molecular flexibility index (Phi) is 2.88. The Morgan fingerprint density at radius 1 is 1.75 bits per heavy atom. The first-order valence-corrected chi connectivity index (χ1v) is 2.27. The standard InChI is InChI=1S/C5H10N2O/c1-4-5(8)6-7(2)3/h4H,1H2,2-3H3,(H,6,8). The fourth-order valence-corrected chi connectivity index (χ4v) is 0.266. The van der Waals surface area contributed by atoms with Crippen molar-refractivity contribution in [3.8, 4) is 0 Å². The lowest BCUT2D eigenvalue weighted by molar-refractivity contribution is -0.120. The van der Waals surface area contributed by atoms with Gasteiger partial charge in [0.2, 0.25) is 0 Å². The number of hydrogen-bond acceptors (Lipinski definition) is 2. The Balaban J connectivity index is 3.39. The van der Waals surface area contributed by atoms with E-state index in [2.05, 4.69) is 12.0 Å². The van der Waals surface area contributed by atoms with Crippen molar-refractivity contribution in [2.45, 2.75) is 0 Å². The lowest BCUT2D eigenvalue weighted by Gasteiger charge is -2.07. The van der Waals surface area contributed by atoms with E-state index in [9.17, 15) is 4.79 Å². The van der Waals surface area contributed by atoms with Crippen LogP contribution in [-0.2, 0) is 4.79 Å². The van der Waals surface area contributed by atoms with E-state index in [1.165, 1.54) is 6.08 Å². The molecule has 0 saturated heterocycles. The second-order valence-corrected chi connectivity index (χ2v) is 1.57. The van der Waals surface area contributed by atoms with Gasteiger partial charge < -0.3 is 0 Å². The molecule has 3 heteroatoms. The van der Waals surface area contributed by atoms with Gasteiger partial charge in [0.05, 0.1) is 0 Å². The zero-order valence-corrected chi connectivity index (χ0v) is 5.14. The molecule has 0 aliphatic heterocycles. The number of carbonyl (C=O) groups is 1. The van der Waals surface area contributed by atoms with Crippen LogP contribution < -0.4 is 5.43 Å². The number of hydrazine groups is 1. The summed E-state index contributed by atoms with van der Waals surface area (Å²) in [5.74, 6) is -0.185. The molecule has 0 aliphatic rings. The lowest BCUT2D eigenvalue weighted by Crippen LogP contribution is -2.34. The van der Waals surface area contributed by atoms with Gasteiger partial charge in [0.25, 0.3) is 5.91 Å². The molecule has 46 valence electrons. The number of rotatable bonds is 2. The zero-order valence-electron chi connectivity index (χ0n) is 5.14. The number of hydrogen-bond donors (Lipinski definition) is 1. The maximum absolute atomic E-state index is 10.4. The van der Waals surface area contributed by atoms with Gasteiger partial charge in [0.1, 0.15) is 0 Å². The van der Waals surface area contributed by atoms with Crippen LogP contribution in [0.15, 0.2) is 12.7 Å². The van der Waals surface area contributed by atoms with Crippen LogP contribution in [0.3, 0.4) is 0 Å². The Morgan fingerprint density at radius 3 is 2.38 bits per heavy atom. The summed E-state index contributed by atoms with van der Waals surface area (Å²) in [6.07, 6.45) is 1.22. The second-order valence-electron chi connectivity index (χ2n) is 1.57. The Hall–Kier alpha value is -0.830. The van der Waals surface area contributed by atoms with Gasteiger partial charge in [0.15, 0.2) is 0 Å². The van der Waals surface area contributed by atoms with Gasteiger partial charge >= 0.3 is 0 Å². The Morgan fingerprint density at radius 2 is 2.25 bits per heavy atom. The topological polar surface area (TPSA) is 32.3 Å². The zero-order chi connectivity index (χ0) is 6.57. The van der Waals surface area contributed by atoms with Gasteiger partial charge in [-0.25, -0.2) is 5.01 Å². The molecule has 0 unspecified atom stereocenters. The average molecular weight is 114 g/mol. The molecule has 0 spiro atoms. The molecule has 0 heterocycles. The molecule has 0 fully saturated rings. The first-order valence-electron chi connectivity index (χ1n) is 2.27. The molecule has 0 aromatic carbocycles. The van der Waals surface area contributed by atoms with Gasteiger partial charge in [0, 0.05) is 14.1 Å². The molecular formula is C5H10N2O. The summed E-state index contributed by atoms with van der Waals surface area (Å²) in [7, 11) is 3.48. The van der Waals surface area contributed by atoms with Gasteiger partial charge in [-0.05, 0) is 6.08 Å². The number of amides is 1. The van der Waals surface area contributed by atoms with Crippen molar-refractivity contribution in [3.05, 3.63) is 12.7 Å². The SMILES string of the molecule is C=CC(=O)NN(C)C. The van der Waals surface area contributed by atoms with Gasteiger partial charge in [-0.3, -0.25) is 10.2 Å². The highest BCUT2D eigenvalue weighted by Gasteiger charge is 1.90. The summed E-state index contributed by atoms with van der Waals surface area (Å²) in [6.45, 7) is 3.27. The first kappa shape index (κ1) is 7.17. The van der Waals surface area contributed by atoms with E-state index < -0.39 is 0 Å². The minimum Gasteiger partial charge on any atom is -0.286 e. The van der Waals surface area contributed by atoms with Crippen LogP contribution >= 0.6 is 0 Å². The van der Waals surface area contributed by atoms with Gasteiger partial charge in [-0.2, -0.15) is 0 Å². The first-order chi connectivity index (χ1) is 3.66. The number of carbonyl (C=O) groups excluding carboxylic acids is 1. The summed E-state index contributed by atoms with van der Waals surface area (Å²) in [4.78, 5) is 10.4. The number of nitrogens with zero attached hydrogens (tertiary/aromatic N) is 1. The van der Waals surface area contributed by atoms with Crippen molar-refractivity contribution in [1.29, 1.82) is 0 Å². The van der Waals surface area contributed by atoms with E-state index in [0.29, 0.717) is 0 Å². The molecule has 8 heavy (non-hydrogen) atoms. The van der Waals surface area contributed by atoms with Crippen LogP contribution in [0.25, 0.3) is 0 Å². The highest BCUT2D eigenvalue weighted by Crippen LogP contribution is 1.66. The lowest BCUT2D eigenvalue weighted by atomic mass is 10.6. The maximum Gasteiger partial charge on any atom is 0.257 e. The summed E-state index contributed by atoms with van der Waals surface area (Å²) in [5, 5.41) is 1.56. The van der Waals surface area contributed by atoms with Gasteiger partial charge in [-0.15, -0.1) is 0 Å². The molecule has 0 aromatic heterocycles. The van der Waals surface area contributed by atoms with E-state index >= 15 is 0 Å². The van der Waals surface area contributed by atoms with E-state index in [1.807, 2.05) is 0 Å². The normalized spacial score (nSPS) is 8.88. The van der Waals surface area contributed by atoms with Crippen molar-refractivity contribution in [1.82, 2.24) is 10.4 Å². The molecule has 0 aromatic rings. The summed E-state index contributed by atoms with van der Waals surface area (Å²) in [5.41, 5.74) is 2.47. The van der Waals surface area contributed by atoms with Gasteiger partial charge in [-0.1, -0.05) is 6.58 Å². The van der Waals surface area contributed by atoms with Crippen LogP contribution in [0.4, 0.5) is 0 Å². The maximum atomic E-state index is 10.4. The Labute approximate surface area is 49.0 Å². The predicted octanol–water partition coefficient (Wildman–Crippen LogP) is -0.235. The highest BCUT2D eigenvalue weighted by molar-refractivity contribution is 5.86. The minimum atomic E-state index is -0.185. The molecule has 0 aliphatic carbocycles. The summed E-state index contributed by atoms with van der Waals surface area (Å²) in [6, 6.07) is 0. The Bertz CT molecular complexity index is 98.6. The monoisotopic (exact) mass is 114 g/mol. The van der Waals surface area contributed by atoms with Crippen LogP contribution in [0.5, 0.6) is 0 Å². The van der Waals surface area contributed by atoms with Crippen LogP contribution in [0, 0.1) is 0 Å². The average Bonchev–Trinajstić information content (AvgIpc) is 1.65. The predicted molar refractivity (Wildman–Crippen MR) is 32.0 cm³/mol. The highest BCUT2D eigenvalue weighted by atomic mass is 16.2. The third kappa shape index (κ3) is 3.36. The fraction of sp³-hybridized carbons (Fsp3) is 0.400. The molecule has 0 saturated carbocycles. The van der Waals surface area contributed by atoms with E-state index in [4.69, 9.17) is 0 Å². The molecular weight excluding hydrogens is 104 g/mol. The molecule has 0 bridgehead atoms. The largest absolute Gasteiger partial charge is 0.286 e. The second kappa shape index (κ2) is 3.21. The third-order valence-electron chi connectivity index (χ3n) is 0.519. The van der Waals surface area contributed by atoms with Crippen molar-refractivity contribution >= 4 is 5.91 Å². The molecule has 3 nitrogen and oxygen atoms in total. The third-order valence-corrected chi connectivity index (χ3v) is 0.519. The van der Waals surface area contributed by atoms with Crippen molar-refractivity contribution < 1.29 is 4.79 Å². The molecule has 1 N–H and O–H groups in total. The summed E-state index contributed by atoms with van der Waals surface area (Å²) >= 11 is 0.